The van der Waals surface area contributed by atoms with E-state index in [-0.39, 0.29) is 24.3 Å². The number of carbonyl (C=O) groups is 1. The highest BCUT2D eigenvalue weighted by atomic mass is 32.2. The van der Waals surface area contributed by atoms with E-state index < -0.39 is 0 Å². The maximum Gasteiger partial charge on any atom is 0.237 e. The molecule has 12 heteroatoms. The first-order chi connectivity index (χ1) is 17.1. The maximum atomic E-state index is 12.4. The van der Waals surface area contributed by atoms with Gasteiger partial charge in [0, 0.05) is 7.05 Å². The summed E-state index contributed by atoms with van der Waals surface area (Å²) in [6.45, 7) is 0.345. The Balaban J connectivity index is 1.17. The molecule has 1 atom stereocenters. The summed E-state index contributed by atoms with van der Waals surface area (Å²) >= 11 is 1.39. The van der Waals surface area contributed by atoms with Gasteiger partial charge in [0.25, 0.3) is 0 Å². The minimum absolute atomic E-state index is 0.0270. The smallest absolute Gasteiger partial charge is 0.237 e. The number of fused-ring (bicyclic) bond motifs is 1. The quantitative estimate of drug-likeness (QED) is 0.365. The highest BCUT2D eigenvalue weighted by Crippen LogP contribution is 2.36. The van der Waals surface area contributed by atoms with Crippen LogP contribution in [0.3, 0.4) is 0 Å². The molecule has 0 fully saturated rings. The molecule has 0 saturated heterocycles. The van der Waals surface area contributed by atoms with E-state index in [1.54, 1.807) is 19.2 Å². The number of nitrogens with zero attached hydrogens (tertiary/aromatic N) is 5. The zero-order chi connectivity index (χ0) is 24.2. The molecule has 0 spiro atoms. The van der Waals surface area contributed by atoms with Gasteiger partial charge in [0.05, 0.1) is 25.0 Å². The lowest BCUT2D eigenvalue weighted by Crippen LogP contribution is -2.24. The number of aromatic nitrogens is 5. The Hall–Kier alpha value is -4.06. The van der Waals surface area contributed by atoms with Crippen LogP contribution in [0.1, 0.15) is 23.6 Å². The summed E-state index contributed by atoms with van der Waals surface area (Å²) in [6, 6.07) is 14.7. The number of benzene rings is 2. The topological polar surface area (TPSA) is 126 Å². The van der Waals surface area contributed by atoms with Gasteiger partial charge in [0.1, 0.15) is 12.4 Å². The number of nitrogens with one attached hydrogen (secondary N) is 1. The number of ether oxygens (including phenoxy) is 3. The van der Waals surface area contributed by atoms with Gasteiger partial charge in [-0.2, -0.15) is 4.98 Å². The number of thioether (sulfide) groups is 1. The minimum atomic E-state index is -0.367. The molecule has 0 saturated carbocycles. The van der Waals surface area contributed by atoms with E-state index in [0.717, 1.165) is 0 Å². The van der Waals surface area contributed by atoms with Crippen LogP contribution in [0, 0.1) is 0 Å². The molecule has 1 N–H and O–H groups in total. The average Bonchev–Trinajstić information content (AvgIpc) is 3.48. The van der Waals surface area contributed by atoms with E-state index in [1.165, 1.54) is 11.8 Å². The van der Waals surface area contributed by atoms with Crippen LogP contribution >= 0.6 is 11.8 Å². The summed E-state index contributed by atoms with van der Waals surface area (Å²) in [7, 11) is 3.41. The number of amides is 1. The number of hydrogen-bond donors (Lipinski definition) is 1. The minimum Gasteiger partial charge on any atom is -0.495 e. The summed E-state index contributed by atoms with van der Waals surface area (Å²) in [4.78, 5) is 16.7. The summed E-state index contributed by atoms with van der Waals surface area (Å²) in [5.41, 5.74) is 0.577. The summed E-state index contributed by atoms with van der Waals surface area (Å²) in [5, 5.41) is 15.9. The number of rotatable bonds is 8. The van der Waals surface area contributed by atoms with Crippen LogP contribution in [0.4, 0.5) is 5.69 Å². The van der Waals surface area contributed by atoms with Gasteiger partial charge < -0.3 is 28.6 Å². The molecule has 1 aliphatic heterocycles. The number of carbonyl (C=O) groups excluding carboxylic acids is 1. The SMILES string of the molecule is COc1ccccc1NC(=O)Cc1noc(CSc2nnc([C@@H]3COc4ccccc4O3)n2C)n1. The normalized spacial score (nSPS) is 14.5. The zero-order valence-electron chi connectivity index (χ0n) is 19.0. The van der Waals surface area contributed by atoms with E-state index >= 15 is 0 Å². The molecule has 11 nitrogen and oxygen atoms in total. The van der Waals surface area contributed by atoms with Crippen LogP contribution in [0.5, 0.6) is 17.2 Å². The molecule has 2 aromatic heterocycles. The van der Waals surface area contributed by atoms with Gasteiger partial charge in [-0.3, -0.25) is 4.79 Å². The number of para-hydroxylation sites is 4. The summed E-state index contributed by atoms with van der Waals surface area (Å²) in [5.74, 6) is 3.38. The van der Waals surface area contributed by atoms with Crippen molar-refractivity contribution < 1.29 is 23.5 Å². The Kier molecular flexibility index (Phi) is 6.53. The van der Waals surface area contributed by atoms with E-state index in [2.05, 4.69) is 25.7 Å². The Morgan fingerprint density at radius 2 is 1.97 bits per heavy atom. The lowest BCUT2D eigenvalue weighted by atomic mass is 10.2. The molecule has 1 aliphatic rings. The molecule has 0 unspecified atom stereocenters. The van der Waals surface area contributed by atoms with Crippen molar-refractivity contribution >= 4 is 23.4 Å². The van der Waals surface area contributed by atoms with Crippen molar-refractivity contribution in [2.75, 3.05) is 19.0 Å². The van der Waals surface area contributed by atoms with Gasteiger partial charge in [-0.05, 0) is 24.3 Å². The monoisotopic (exact) mass is 494 g/mol. The largest absolute Gasteiger partial charge is 0.495 e. The highest BCUT2D eigenvalue weighted by Gasteiger charge is 2.27. The van der Waals surface area contributed by atoms with Gasteiger partial charge in [-0.25, -0.2) is 0 Å². The van der Waals surface area contributed by atoms with Crippen LogP contribution in [-0.2, 0) is 24.0 Å². The van der Waals surface area contributed by atoms with Crippen LogP contribution in [0.2, 0.25) is 0 Å². The third-order valence-corrected chi connectivity index (χ3v) is 6.20. The second-order valence-electron chi connectivity index (χ2n) is 7.58. The first kappa shape index (κ1) is 22.7. The molecular weight excluding hydrogens is 472 g/mol. The van der Waals surface area contributed by atoms with E-state index in [0.29, 0.717) is 52.2 Å². The average molecular weight is 495 g/mol. The third-order valence-electron chi connectivity index (χ3n) is 5.20. The molecule has 3 heterocycles. The fourth-order valence-electron chi connectivity index (χ4n) is 3.51. The molecule has 180 valence electrons. The van der Waals surface area contributed by atoms with Gasteiger partial charge in [0.15, 0.2) is 34.4 Å². The molecule has 0 aliphatic carbocycles. The fourth-order valence-corrected chi connectivity index (χ4v) is 4.27. The van der Waals surface area contributed by atoms with E-state index in [9.17, 15) is 4.79 Å². The van der Waals surface area contributed by atoms with Crippen molar-refractivity contribution in [2.45, 2.75) is 23.4 Å². The van der Waals surface area contributed by atoms with Gasteiger partial charge in [-0.15, -0.1) is 10.2 Å². The highest BCUT2D eigenvalue weighted by molar-refractivity contribution is 7.98. The molecule has 0 radical (unpaired) electrons. The van der Waals surface area contributed by atoms with Crippen molar-refractivity contribution in [2.24, 2.45) is 7.05 Å². The Morgan fingerprint density at radius 1 is 1.17 bits per heavy atom. The van der Waals surface area contributed by atoms with E-state index in [4.69, 9.17) is 18.7 Å². The summed E-state index contributed by atoms with van der Waals surface area (Å²) in [6.07, 6.45) is -0.394. The van der Waals surface area contributed by atoms with E-state index in [1.807, 2.05) is 48.0 Å². The maximum absolute atomic E-state index is 12.4. The third kappa shape index (κ3) is 5.06. The molecule has 35 heavy (non-hydrogen) atoms. The molecule has 0 bridgehead atoms. The van der Waals surface area contributed by atoms with Crippen molar-refractivity contribution in [3.05, 3.63) is 66.1 Å². The Labute approximate surface area is 204 Å². The lowest BCUT2D eigenvalue weighted by molar-refractivity contribution is -0.115. The molecule has 4 aromatic rings. The van der Waals surface area contributed by atoms with Gasteiger partial charge >= 0.3 is 0 Å². The number of anilines is 1. The zero-order valence-corrected chi connectivity index (χ0v) is 19.8. The number of methoxy groups -OCH3 is 1. The fraction of sp³-hybridized carbons (Fsp3) is 0.261. The van der Waals surface area contributed by atoms with Crippen molar-refractivity contribution in [3.8, 4) is 17.2 Å². The Morgan fingerprint density at radius 3 is 2.83 bits per heavy atom. The first-order valence-corrected chi connectivity index (χ1v) is 11.7. The van der Waals surface area contributed by atoms with Crippen molar-refractivity contribution in [1.82, 2.24) is 24.9 Å². The van der Waals surface area contributed by atoms with Crippen molar-refractivity contribution in [3.63, 3.8) is 0 Å². The molecule has 5 rings (SSSR count). The predicted molar refractivity (Wildman–Crippen MR) is 125 cm³/mol. The predicted octanol–water partition coefficient (Wildman–Crippen LogP) is 3.19. The first-order valence-electron chi connectivity index (χ1n) is 10.8. The van der Waals surface area contributed by atoms with Gasteiger partial charge in [-0.1, -0.05) is 41.2 Å². The van der Waals surface area contributed by atoms with Crippen LogP contribution in [0.15, 0.2) is 58.2 Å². The van der Waals surface area contributed by atoms with Crippen molar-refractivity contribution in [1.29, 1.82) is 0 Å². The lowest BCUT2D eigenvalue weighted by Gasteiger charge is -2.25. The van der Waals surface area contributed by atoms with Gasteiger partial charge in [0.2, 0.25) is 11.8 Å². The molecular formula is C23H22N6O5S. The second-order valence-corrected chi connectivity index (χ2v) is 8.52. The number of hydrogen-bond acceptors (Lipinski definition) is 10. The van der Waals surface area contributed by atoms with Crippen LogP contribution in [0.25, 0.3) is 0 Å². The Bertz CT molecular complexity index is 1340. The van der Waals surface area contributed by atoms with Crippen LogP contribution < -0.4 is 19.5 Å². The molecule has 2 aromatic carbocycles. The second kappa shape index (κ2) is 10.1. The summed E-state index contributed by atoms with van der Waals surface area (Å²) < 4.78 is 24.2. The molecule has 1 amide bonds. The standard InChI is InChI=1S/C23H22N6O5S/c1-29-22(18-12-32-16-9-5-6-10-17(16)33-18)26-27-23(29)35-13-21-25-19(28-34-21)11-20(30)24-14-7-3-4-8-15(14)31-2/h3-10,18H,11-13H2,1-2H3,(H,24,30)/t18-/m0/s1. The van der Waals surface area contributed by atoms with Crippen LogP contribution in [-0.4, -0.2) is 44.5 Å².